The zero-order valence-electron chi connectivity index (χ0n) is 11.8. The van der Waals surface area contributed by atoms with Gasteiger partial charge in [-0.1, -0.05) is 19.1 Å². The fourth-order valence-corrected chi connectivity index (χ4v) is 1.78. The third kappa shape index (κ3) is 8.27. The van der Waals surface area contributed by atoms with Crippen molar-refractivity contribution in [1.29, 1.82) is 0 Å². The summed E-state index contributed by atoms with van der Waals surface area (Å²) in [4.78, 5) is 24.0. The van der Waals surface area contributed by atoms with Gasteiger partial charge in [0.05, 0.1) is 13.1 Å². The number of benzene rings is 1. The van der Waals surface area contributed by atoms with E-state index in [9.17, 15) is 14.0 Å². The van der Waals surface area contributed by atoms with E-state index in [1.807, 2.05) is 6.92 Å². The van der Waals surface area contributed by atoms with Gasteiger partial charge in [0.1, 0.15) is 5.82 Å². The van der Waals surface area contributed by atoms with Crippen molar-refractivity contribution in [2.45, 2.75) is 19.9 Å². The number of carboxylic acids is 1. The summed E-state index contributed by atoms with van der Waals surface area (Å²) >= 11 is 0. The summed E-state index contributed by atoms with van der Waals surface area (Å²) in [6.07, 6.45) is 0.776. The van der Waals surface area contributed by atoms with E-state index in [-0.39, 0.29) is 37.2 Å². The smallest absolute Gasteiger partial charge is 0.317 e. The molecule has 7 heteroatoms. The Bertz CT molecular complexity index is 454. The number of hydrogen-bond donors (Lipinski definition) is 2. The summed E-state index contributed by atoms with van der Waals surface area (Å²) in [5, 5.41) is 11.4. The number of hydrogen-bond acceptors (Lipinski definition) is 3. The van der Waals surface area contributed by atoms with Gasteiger partial charge in [-0.3, -0.25) is 14.5 Å². The fourth-order valence-electron chi connectivity index (χ4n) is 1.78. The van der Waals surface area contributed by atoms with Gasteiger partial charge >= 0.3 is 5.97 Å². The van der Waals surface area contributed by atoms with E-state index in [1.165, 1.54) is 12.1 Å². The van der Waals surface area contributed by atoms with Gasteiger partial charge in [-0.15, -0.1) is 12.4 Å². The molecule has 0 heterocycles. The standard InChI is InChI=1S/C14H19FN2O3.ClH/c1-2-7-17(10-14(19)20)9-13(18)16-8-11-3-5-12(15)6-4-11;/h3-6H,2,7-10H2,1H3,(H,16,18)(H,19,20);1H. The minimum absolute atomic E-state index is 0. The molecule has 1 aromatic carbocycles. The predicted molar refractivity (Wildman–Crippen MR) is 79.9 cm³/mol. The normalized spacial score (nSPS) is 10.0. The molecule has 118 valence electrons. The molecule has 0 aliphatic heterocycles. The molecule has 0 atom stereocenters. The van der Waals surface area contributed by atoms with Crippen molar-refractivity contribution in [3.63, 3.8) is 0 Å². The van der Waals surface area contributed by atoms with Crippen molar-refractivity contribution in [1.82, 2.24) is 10.2 Å². The second-order valence-electron chi connectivity index (χ2n) is 4.51. The molecule has 2 N–H and O–H groups in total. The molecule has 1 aromatic rings. The quantitative estimate of drug-likeness (QED) is 0.765. The second kappa shape index (κ2) is 10.1. The van der Waals surface area contributed by atoms with Gasteiger partial charge < -0.3 is 10.4 Å². The van der Waals surface area contributed by atoms with Crippen molar-refractivity contribution < 1.29 is 19.1 Å². The molecular formula is C14H20ClFN2O3. The van der Waals surface area contributed by atoms with E-state index in [2.05, 4.69) is 5.32 Å². The number of rotatable bonds is 8. The largest absolute Gasteiger partial charge is 0.480 e. The molecule has 0 unspecified atom stereocenters. The first-order chi connectivity index (χ1) is 9.51. The highest BCUT2D eigenvalue weighted by atomic mass is 35.5. The highest BCUT2D eigenvalue weighted by molar-refractivity contribution is 5.85. The Kier molecular flexibility index (Phi) is 9.32. The lowest BCUT2D eigenvalue weighted by Gasteiger charge is -2.18. The van der Waals surface area contributed by atoms with Gasteiger partial charge in [-0.25, -0.2) is 4.39 Å². The maximum absolute atomic E-state index is 12.7. The maximum Gasteiger partial charge on any atom is 0.317 e. The lowest BCUT2D eigenvalue weighted by atomic mass is 10.2. The van der Waals surface area contributed by atoms with Gasteiger partial charge in [0.15, 0.2) is 0 Å². The van der Waals surface area contributed by atoms with Crippen LogP contribution in [-0.2, 0) is 16.1 Å². The number of aliphatic carboxylic acids is 1. The molecule has 0 radical (unpaired) electrons. The van der Waals surface area contributed by atoms with E-state index in [0.717, 1.165) is 12.0 Å². The third-order valence-corrected chi connectivity index (χ3v) is 2.67. The van der Waals surface area contributed by atoms with Gasteiger partial charge in [0, 0.05) is 6.54 Å². The van der Waals surface area contributed by atoms with E-state index in [4.69, 9.17) is 5.11 Å². The number of halogens is 2. The maximum atomic E-state index is 12.7. The number of carbonyl (C=O) groups is 2. The Balaban J connectivity index is 0.00000400. The molecule has 0 fully saturated rings. The first kappa shape index (κ1) is 19.3. The molecule has 0 spiro atoms. The third-order valence-electron chi connectivity index (χ3n) is 2.67. The minimum Gasteiger partial charge on any atom is -0.480 e. The monoisotopic (exact) mass is 318 g/mol. The number of amides is 1. The second-order valence-corrected chi connectivity index (χ2v) is 4.51. The summed E-state index contributed by atoms with van der Waals surface area (Å²) in [6.45, 7) is 2.66. The Morgan fingerprint density at radius 2 is 1.86 bits per heavy atom. The topological polar surface area (TPSA) is 69.6 Å². The molecule has 0 saturated carbocycles. The molecule has 5 nitrogen and oxygen atoms in total. The van der Waals surface area contributed by atoms with Crippen LogP contribution in [-0.4, -0.2) is 41.5 Å². The van der Waals surface area contributed by atoms with Crippen LogP contribution in [0.4, 0.5) is 4.39 Å². The lowest BCUT2D eigenvalue weighted by Crippen LogP contribution is -2.39. The van der Waals surface area contributed by atoms with Crippen molar-refractivity contribution in [3.05, 3.63) is 35.6 Å². The molecule has 0 bridgehead atoms. The number of carboxylic acid groups (broad SMARTS) is 1. The summed E-state index contributed by atoms with van der Waals surface area (Å²) in [5.41, 5.74) is 0.792. The Morgan fingerprint density at radius 1 is 1.24 bits per heavy atom. The van der Waals surface area contributed by atoms with Gasteiger partial charge in [0.2, 0.25) is 5.91 Å². The van der Waals surface area contributed by atoms with E-state index < -0.39 is 5.97 Å². The van der Waals surface area contributed by atoms with Crippen molar-refractivity contribution in [2.24, 2.45) is 0 Å². The Hall–Kier alpha value is -1.66. The van der Waals surface area contributed by atoms with Gasteiger partial charge in [0.25, 0.3) is 0 Å². The van der Waals surface area contributed by atoms with E-state index >= 15 is 0 Å². The first-order valence-corrected chi connectivity index (χ1v) is 6.46. The van der Waals surface area contributed by atoms with Crippen LogP contribution in [0.1, 0.15) is 18.9 Å². The molecule has 0 aliphatic carbocycles. The van der Waals surface area contributed by atoms with Crippen LogP contribution in [0.5, 0.6) is 0 Å². The van der Waals surface area contributed by atoms with Crippen molar-refractivity contribution in [3.8, 4) is 0 Å². The molecule has 1 rings (SSSR count). The molecule has 0 saturated heterocycles. The average Bonchev–Trinajstić information content (AvgIpc) is 2.37. The highest BCUT2D eigenvalue weighted by Gasteiger charge is 2.12. The van der Waals surface area contributed by atoms with E-state index in [1.54, 1.807) is 17.0 Å². The summed E-state index contributed by atoms with van der Waals surface area (Å²) in [6, 6.07) is 5.85. The molecule has 21 heavy (non-hydrogen) atoms. The van der Waals surface area contributed by atoms with E-state index in [0.29, 0.717) is 13.1 Å². The van der Waals surface area contributed by atoms with Crippen LogP contribution in [0, 0.1) is 5.82 Å². The van der Waals surface area contributed by atoms with Gasteiger partial charge in [-0.05, 0) is 30.7 Å². The zero-order valence-corrected chi connectivity index (χ0v) is 12.7. The van der Waals surface area contributed by atoms with Crippen LogP contribution < -0.4 is 5.32 Å². The molecule has 0 aromatic heterocycles. The minimum atomic E-state index is -0.954. The van der Waals surface area contributed by atoms with Crippen molar-refractivity contribution >= 4 is 24.3 Å². The molecule has 0 aliphatic rings. The summed E-state index contributed by atoms with van der Waals surface area (Å²) in [5.74, 6) is -1.52. The zero-order chi connectivity index (χ0) is 15.0. The summed E-state index contributed by atoms with van der Waals surface area (Å²) in [7, 11) is 0. The van der Waals surface area contributed by atoms with Crippen LogP contribution in [0.2, 0.25) is 0 Å². The number of nitrogens with one attached hydrogen (secondary N) is 1. The first-order valence-electron chi connectivity index (χ1n) is 6.46. The Labute approximate surface area is 129 Å². The lowest BCUT2D eigenvalue weighted by molar-refractivity contribution is -0.138. The average molecular weight is 319 g/mol. The summed E-state index contributed by atoms with van der Waals surface area (Å²) < 4.78 is 12.7. The van der Waals surface area contributed by atoms with Gasteiger partial charge in [-0.2, -0.15) is 0 Å². The highest BCUT2D eigenvalue weighted by Crippen LogP contribution is 2.02. The van der Waals surface area contributed by atoms with Crippen LogP contribution >= 0.6 is 12.4 Å². The Morgan fingerprint density at radius 3 is 2.38 bits per heavy atom. The molecular weight excluding hydrogens is 299 g/mol. The fraction of sp³-hybridized carbons (Fsp3) is 0.429. The van der Waals surface area contributed by atoms with Crippen molar-refractivity contribution in [2.75, 3.05) is 19.6 Å². The van der Waals surface area contributed by atoms with Crippen LogP contribution in [0.25, 0.3) is 0 Å². The number of carbonyl (C=O) groups excluding carboxylic acids is 1. The predicted octanol–water partition coefficient (Wildman–Crippen LogP) is 1.66. The number of nitrogens with zero attached hydrogens (tertiary/aromatic N) is 1. The molecule has 1 amide bonds. The SMILES string of the molecule is CCCN(CC(=O)O)CC(=O)NCc1ccc(F)cc1.Cl. The van der Waals surface area contributed by atoms with Crippen LogP contribution in [0.3, 0.4) is 0 Å². The van der Waals surface area contributed by atoms with Crippen LogP contribution in [0.15, 0.2) is 24.3 Å².